The Balaban J connectivity index is 2.09. The summed E-state index contributed by atoms with van der Waals surface area (Å²) in [6.45, 7) is 1.41. The molecule has 1 aliphatic heterocycles. The third-order valence-electron chi connectivity index (χ3n) is 5.95. The highest BCUT2D eigenvalue weighted by molar-refractivity contribution is 5.73. The molecule has 0 bridgehead atoms. The van der Waals surface area contributed by atoms with E-state index in [1.807, 2.05) is 0 Å². The van der Waals surface area contributed by atoms with Crippen molar-refractivity contribution >= 4 is 5.91 Å². The number of carbonyl (C=O) groups excluding carboxylic acids is 1. The molecule has 4 unspecified atom stereocenters. The highest BCUT2D eigenvalue weighted by Gasteiger charge is 2.63. The monoisotopic (exact) mass is 340 g/mol. The van der Waals surface area contributed by atoms with Gasteiger partial charge in [-0.15, -0.1) is 0 Å². The summed E-state index contributed by atoms with van der Waals surface area (Å²) in [6.07, 6.45) is -3.60. The van der Waals surface area contributed by atoms with Crippen LogP contribution in [0.2, 0.25) is 0 Å². The Morgan fingerprint density at radius 3 is 2.50 bits per heavy atom. The summed E-state index contributed by atoms with van der Waals surface area (Å²) in [5, 5.41) is 3.24. The van der Waals surface area contributed by atoms with E-state index in [9.17, 15) is 18.0 Å². The van der Waals surface area contributed by atoms with E-state index in [-0.39, 0.29) is 24.3 Å². The van der Waals surface area contributed by atoms with Crippen LogP contribution in [0.25, 0.3) is 0 Å². The lowest BCUT2D eigenvalue weighted by atomic mass is 9.63. The van der Waals surface area contributed by atoms with Gasteiger partial charge in [-0.25, -0.2) is 0 Å². The van der Waals surface area contributed by atoms with Crippen LogP contribution in [0.5, 0.6) is 0 Å². The van der Waals surface area contributed by atoms with Crippen LogP contribution in [0.4, 0.5) is 13.2 Å². The lowest BCUT2D eigenvalue weighted by Crippen LogP contribution is -2.51. The van der Waals surface area contributed by atoms with E-state index in [1.165, 1.54) is 0 Å². The number of halogens is 3. The molecule has 1 amide bonds. The van der Waals surface area contributed by atoms with Gasteiger partial charge in [-0.05, 0) is 55.7 Å². The summed E-state index contributed by atoms with van der Waals surface area (Å²) >= 11 is 0. The second-order valence-corrected chi connectivity index (χ2v) is 7.07. The van der Waals surface area contributed by atoms with Crippen molar-refractivity contribution in [1.29, 1.82) is 0 Å². The third kappa shape index (κ3) is 2.81. The molecule has 0 spiro atoms. The fourth-order valence-electron chi connectivity index (χ4n) is 4.88. The number of nitrogens with two attached hydrogens (primary N) is 1. The summed E-state index contributed by atoms with van der Waals surface area (Å²) in [7, 11) is 0. The number of benzene rings is 1. The maximum Gasteiger partial charge on any atom is 0.398 e. The van der Waals surface area contributed by atoms with Gasteiger partial charge in [0.2, 0.25) is 5.91 Å². The summed E-state index contributed by atoms with van der Waals surface area (Å²) < 4.78 is 43.3. The zero-order chi connectivity index (χ0) is 17.4. The highest BCUT2D eigenvalue weighted by Crippen LogP contribution is 2.58. The van der Waals surface area contributed by atoms with Gasteiger partial charge in [0.15, 0.2) is 0 Å². The zero-order valence-electron chi connectivity index (χ0n) is 13.5. The molecule has 2 aliphatic rings. The summed E-state index contributed by atoms with van der Waals surface area (Å²) in [4.78, 5) is 11.3. The molecule has 0 radical (unpaired) electrons. The van der Waals surface area contributed by atoms with Crippen LogP contribution in [0.15, 0.2) is 30.3 Å². The third-order valence-corrected chi connectivity index (χ3v) is 5.95. The van der Waals surface area contributed by atoms with Gasteiger partial charge in [0.25, 0.3) is 0 Å². The Kier molecular flexibility index (Phi) is 4.60. The van der Waals surface area contributed by atoms with Crippen molar-refractivity contribution in [2.75, 3.05) is 13.1 Å². The predicted octanol–water partition coefficient (Wildman–Crippen LogP) is 3.00. The second-order valence-electron chi connectivity index (χ2n) is 7.07. The summed E-state index contributed by atoms with van der Waals surface area (Å²) in [6, 6.07) is 8.08. The van der Waals surface area contributed by atoms with Crippen molar-refractivity contribution in [2.24, 2.45) is 23.5 Å². The van der Waals surface area contributed by atoms with Crippen molar-refractivity contribution < 1.29 is 18.0 Å². The maximum absolute atomic E-state index is 14.4. The Morgan fingerprint density at radius 2 is 1.88 bits per heavy atom. The lowest BCUT2D eigenvalue weighted by Gasteiger charge is -2.43. The van der Waals surface area contributed by atoms with Gasteiger partial charge in [-0.3, -0.25) is 4.79 Å². The molecule has 1 heterocycles. The Hall–Kier alpha value is -1.56. The minimum absolute atomic E-state index is 0.000271. The van der Waals surface area contributed by atoms with Gasteiger partial charge in [0.05, 0.1) is 5.41 Å². The SMILES string of the molecule is NC(=O)CCC(c1ccccc1)(C1CCC2CNCC21)C(F)(F)F. The normalized spacial score (nSPS) is 29.2. The molecule has 3 nitrogen and oxygen atoms in total. The van der Waals surface area contributed by atoms with Crippen LogP contribution < -0.4 is 11.1 Å². The van der Waals surface area contributed by atoms with E-state index >= 15 is 0 Å². The first-order chi connectivity index (χ1) is 11.4. The van der Waals surface area contributed by atoms with Gasteiger partial charge < -0.3 is 11.1 Å². The quantitative estimate of drug-likeness (QED) is 0.866. The lowest BCUT2D eigenvalue weighted by molar-refractivity contribution is -0.213. The molecule has 6 heteroatoms. The van der Waals surface area contributed by atoms with E-state index in [0.29, 0.717) is 18.9 Å². The Bertz CT molecular complexity index is 590. The largest absolute Gasteiger partial charge is 0.398 e. The van der Waals surface area contributed by atoms with Crippen molar-refractivity contribution in [3.63, 3.8) is 0 Å². The topological polar surface area (TPSA) is 55.1 Å². The van der Waals surface area contributed by atoms with Crippen molar-refractivity contribution in [3.05, 3.63) is 35.9 Å². The van der Waals surface area contributed by atoms with Crippen LogP contribution in [-0.2, 0) is 10.2 Å². The molecule has 1 saturated carbocycles. The van der Waals surface area contributed by atoms with Crippen LogP contribution >= 0.6 is 0 Å². The molecule has 132 valence electrons. The Labute approximate surface area is 139 Å². The molecular weight excluding hydrogens is 317 g/mol. The standard InChI is InChI=1S/C18H23F3N2O/c19-18(20,21)17(9-8-16(22)24,13-4-2-1-3-5-13)15-7-6-12-10-23-11-14(12)15/h1-5,12,14-15,23H,6-11H2,(H2,22,24). The van der Waals surface area contributed by atoms with E-state index < -0.39 is 23.4 Å². The van der Waals surface area contributed by atoms with Crippen LogP contribution in [-0.4, -0.2) is 25.2 Å². The average Bonchev–Trinajstić information content (AvgIpc) is 3.12. The van der Waals surface area contributed by atoms with Crippen LogP contribution in [0, 0.1) is 17.8 Å². The minimum Gasteiger partial charge on any atom is -0.370 e. The molecule has 1 saturated heterocycles. The number of fused-ring (bicyclic) bond motifs is 1. The number of amides is 1. The van der Waals surface area contributed by atoms with Crippen LogP contribution in [0.3, 0.4) is 0 Å². The number of nitrogens with one attached hydrogen (secondary N) is 1. The number of rotatable bonds is 5. The minimum atomic E-state index is -4.42. The number of hydrogen-bond donors (Lipinski definition) is 2. The van der Waals surface area contributed by atoms with Crippen molar-refractivity contribution in [1.82, 2.24) is 5.32 Å². The molecule has 1 aliphatic carbocycles. The average molecular weight is 340 g/mol. The van der Waals surface area contributed by atoms with E-state index in [1.54, 1.807) is 30.3 Å². The van der Waals surface area contributed by atoms with Gasteiger partial charge in [0.1, 0.15) is 0 Å². The summed E-state index contributed by atoms with van der Waals surface area (Å²) in [5.41, 5.74) is 3.46. The van der Waals surface area contributed by atoms with Gasteiger partial charge in [-0.2, -0.15) is 13.2 Å². The number of alkyl halides is 3. The molecular formula is C18H23F3N2O. The van der Waals surface area contributed by atoms with E-state index in [0.717, 1.165) is 13.0 Å². The predicted molar refractivity (Wildman–Crippen MR) is 85.2 cm³/mol. The van der Waals surface area contributed by atoms with Crippen molar-refractivity contribution in [3.8, 4) is 0 Å². The maximum atomic E-state index is 14.4. The fourth-order valence-corrected chi connectivity index (χ4v) is 4.88. The number of primary amides is 1. The van der Waals surface area contributed by atoms with Crippen molar-refractivity contribution in [2.45, 2.75) is 37.3 Å². The fraction of sp³-hybridized carbons (Fsp3) is 0.611. The van der Waals surface area contributed by atoms with E-state index in [2.05, 4.69) is 5.32 Å². The smallest absolute Gasteiger partial charge is 0.370 e. The second kappa shape index (κ2) is 6.39. The molecule has 4 atom stereocenters. The number of hydrogen-bond acceptors (Lipinski definition) is 2. The first kappa shape index (κ1) is 17.3. The molecule has 3 rings (SSSR count). The molecule has 1 aromatic carbocycles. The van der Waals surface area contributed by atoms with Crippen LogP contribution in [0.1, 0.15) is 31.2 Å². The molecule has 0 aromatic heterocycles. The zero-order valence-corrected chi connectivity index (χ0v) is 13.5. The highest BCUT2D eigenvalue weighted by atomic mass is 19.4. The first-order valence-corrected chi connectivity index (χ1v) is 8.47. The van der Waals surface area contributed by atoms with Gasteiger partial charge >= 0.3 is 6.18 Å². The van der Waals surface area contributed by atoms with Gasteiger partial charge in [-0.1, -0.05) is 30.3 Å². The molecule has 3 N–H and O–H groups in total. The van der Waals surface area contributed by atoms with Gasteiger partial charge in [0, 0.05) is 6.42 Å². The first-order valence-electron chi connectivity index (χ1n) is 8.47. The number of carbonyl (C=O) groups is 1. The summed E-state index contributed by atoms with van der Waals surface area (Å²) in [5.74, 6) is -0.897. The Morgan fingerprint density at radius 1 is 1.17 bits per heavy atom. The van der Waals surface area contributed by atoms with E-state index in [4.69, 9.17) is 5.73 Å². The molecule has 24 heavy (non-hydrogen) atoms. The molecule has 1 aromatic rings. The molecule has 2 fully saturated rings.